The van der Waals surface area contributed by atoms with Crippen molar-refractivity contribution in [3.63, 3.8) is 0 Å². The third-order valence-electron chi connectivity index (χ3n) is 1.78. The summed E-state index contributed by atoms with van der Waals surface area (Å²) in [6.07, 6.45) is 3.54. The number of aromatic nitrogens is 1. The summed E-state index contributed by atoms with van der Waals surface area (Å²) in [5, 5.41) is 3.29. The van der Waals surface area contributed by atoms with Gasteiger partial charge in [0, 0.05) is 29.5 Å². The summed E-state index contributed by atoms with van der Waals surface area (Å²) >= 11 is 7.42. The first kappa shape index (κ1) is 9.49. The number of hydrogen-bond donors (Lipinski definition) is 1. The van der Waals surface area contributed by atoms with Gasteiger partial charge in [-0.15, -0.1) is 11.3 Å². The third kappa shape index (κ3) is 2.47. The Hall–Kier alpha value is -1.06. The molecule has 1 N–H and O–H groups in total. The number of hydrogen-bond acceptors (Lipinski definition) is 3. The number of nitrogens with zero attached hydrogens (tertiary/aromatic N) is 1. The van der Waals surface area contributed by atoms with Crippen molar-refractivity contribution in [1.82, 2.24) is 4.98 Å². The van der Waals surface area contributed by atoms with Gasteiger partial charge in [-0.25, -0.2) is 0 Å². The van der Waals surface area contributed by atoms with Crippen molar-refractivity contribution < 1.29 is 0 Å². The van der Waals surface area contributed by atoms with Crippen LogP contribution in [0.4, 0.5) is 5.69 Å². The fraction of sp³-hybridized carbons (Fsp3) is 0.100. The van der Waals surface area contributed by atoms with Crippen LogP contribution in [-0.4, -0.2) is 4.98 Å². The van der Waals surface area contributed by atoms with Crippen LogP contribution >= 0.6 is 22.9 Å². The average molecular weight is 225 g/mol. The molecule has 0 aromatic carbocycles. The topological polar surface area (TPSA) is 24.9 Å². The summed E-state index contributed by atoms with van der Waals surface area (Å²) in [5.41, 5.74) is 1.07. The molecule has 0 amide bonds. The number of rotatable bonds is 3. The van der Waals surface area contributed by atoms with Gasteiger partial charge < -0.3 is 5.32 Å². The minimum atomic E-state index is 0.807. The van der Waals surface area contributed by atoms with Crippen molar-refractivity contribution in [3.8, 4) is 0 Å². The highest BCUT2D eigenvalue weighted by Gasteiger charge is 1.97. The quantitative estimate of drug-likeness (QED) is 0.865. The maximum absolute atomic E-state index is 5.82. The summed E-state index contributed by atoms with van der Waals surface area (Å²) in [5.74, 6) is 0. The molecule has 0 fully saturated rings. The lowest BCUT2D eigenvalue weighted by Crippen LogP contribution is -1.96. The Kier molecular flexibility index (Phi) is 3.01. The Bertz CT molecular complexity index is 400. The molecular weight excluding hydrogens is 216 g/mol. The highest BCUT2D eigenvalue weighted by Crippen LogP contribution is 2.22. The van der Waals surface area contributed by atoms with Crippen LogP contribution in [0.5, 0.6) is 0 Å². The highest BCUT2D eigenvalue weighted by atomic mass is 35.5. The fourth-order valence-corrected chi connectivity index (χ4v) is 2.13. The molecule has 72 valence electrons. The maximum Gasteiger partial charge on any atom is 0.0931 e. The van der Waals surface area contributed by atoms with Gasteiger partial charge in [0.2, 0.25) is 0 Å². The van der Waals surface area contributed by atoms with Crippen LogP contribution < -0.4 is 5.32 Å². The Morgan fingerprint density at radius 2 is 2.00 bits per heavy atom. The third-order valence-corrected chi connectivity index (χ3v) is 3.01. The Morgan fingerprint density at radius 1 is 1.21 bits per heavy atom. The second-order valence-corrected chi connectivity index (χ2v) is 4.59. The zero-order valence-electron chi connectivity index (χ0n) is 7.40. The molecule has 0 spiro atoms. The van der Waals surface area contributed by atoms with Crippen LogP contribution in [-0.2, 0) is 6.54 Å². The van der Waals surface area contributed by atoms with Gasteiger partial charge in [0.05, 0.1) is 4.34 Å². The summed E-state index contributed by atoms with van der Waals surface area (Å²) in [6.45, 7) is 0.807. The Balaban J connectivity index is 1.95. The second kappa shape index (κ2) is 4.44. The van der Waals surface area contributed by atoms with Crippen LogP contribution in [0, 0.1) is 0 Å². The zero-order chi connectivity index (χ0) is 9.80. The van der Waals surface area contributed by atoms with Crippen molar-refractivity contribution in [3.05, 3.63) is 45.9 Å². The van der Waals surface area contributed by atoms with Crippen LogP contribution in [0.2, 0.25) is 4.34 Å². The van der Waals surface area contributed by atoms with Crippen LogP contribution in [0.15, 0.2) is 36.7 Å². The summed E-state index contributed by atoms with van der Waals surface area (Å²) < 4.78 is 0.830. The van der Waals surface area contributed by atoms with Gasteiger partial charge in [0.1, 0.15) is 0 Å². The molecule has 0 aliphatic heterocycles. The van der Waals surface area contributed by atoms with E-state index in [4.69, 9.17) is 11.6 Å². The van der Waals surface area contributed by atoms with Crippen molar-refractivity contribution >= 4 is 28.6 Å². The molecule has 4 heteroatoms. The van der Waals surface area contributed by atoms with E-state index in [1.165, 1.54) is 4.88 Å². The molecule has 0 radical (unpaired) electrons. The van der Waals surface area contributed by atoms with E-state index < -0.39 is 0 Å². The normalized spacial score (nSPS) is 10.1. The molecule has 0 saturated carbocycles. The van der Waals surface area contributed by atoms with Crippen LogP contribution in [0.25, 0.3) is 0 Å². The zero-order valence-corrected chi connectivity index (χ0v) is 8.98. The molecule has 2 aromatic rings. The maximum atomic E-state index is 5.82. The molecule has 2 heterocycles. The SMILES string of the molecule is Clc1ccc(CNc2ccncc2)s1. The monoisotopic (exact) mass is 224 g/mol. The Labute approximate surface area is 91.6 Å². The molecule has 0 aliphatic rings. The minimum Gasteiger partial charge on any atom is -0.380 e. The smallest absolute Gasteiger partial charge is 0.0931 e. The number of anilines is 1. The van der Waals surface area contributed by atoms with Gasteiger partial charge in [-0.3, -0.25) is 4.98 Å². The van der Waals surface area contributed by atoms with Crippen LogP contribution in [0.1, 0.15) is 4.88 Å². The van der Waals surface area contributed by atoms with E-state index >= 15 is 0 Å². The molecule has 2 aromatic heterocycles. The van der Waals surface area contributed by atoms with Crippen LogP contribution in [0.3, 0.4) is 0 Å². The fourth-order valence-electron chi connectivity index (χ4n) is 1.11. The molecule has 0 atom stereocenters. The van der Waals surface area contributed by atoms with Crippen molar-refractivity contribution in [2.24, 2.45) is 0 Å². The molecule has 2 nitrogen and oxygen atoms in total. The van der Waals surface area contributed by atoms with Gasteiger partial charge in [-0.2, -0.15) is 0 Å². The molecule has 2 rings (SSSR count). The van der Waals surface area contributed by atoms with E-state index in [9.17, 15) is 0 Å². The lowest BCUT2D eigenvalue weighted by molar-refractivity contribution is 1.18. The van der Waals surface area contributed by atoms with Crippen molar-refractivity contribution in [1.29, 1.82) is 0 Å². The molecule has 0 saturated heterocycles. The van der Waals surface area contributed by atoms with Crippen molar-refractivity contribution in [2.45, 2.75) is 6.54 Å². The predicted octanol–water partition coefficient (Wildman–Crippen LogP) is 3.41. The summed E-state index contributed by atoms with van der Waals surface area (Å²) in [4.78, 5) is 5.17. The van der Waals surface area contributed by atoms with E-state index in [1.807, 2.05) is 24.3 Å². The van der Waals surface area contributed by atoms with Gasteiger partial charge in [0.25, 0.3) is 0 Å². The van der Waals surface area contributed by atoms with Gasteiger partial charge in [-0.05, 0) is 24.3 Å². The molecule has 0 bridgehead atoms. The summed E-state index contributed by atoms with van der Waals surface area (Å²) in [6, 6.07) is 7.82. The largest absolute Gasteiger partial charge is 0.380 e. The molecule has 0 aliphatic carbocycles. The van der Waals surface area contributed by atoms with E-state index in [0.717, 1.165) is 16.6 Å². The first-order chi connectivity index (χ1) is 6.84. The number of thiophene rings is 1. The average Bonchev–Trinajstić information content (AvgIpc) is 2.63. The first-order valence-corrected chi connectivity index (χ1v) is 5.42. The van der Waals surface area contributed by atoms with Crippen molar-refractivity contribution in [2.75, 3.05) is 5.32 Å². The second-order valence-electron chi connectivity index (χ2n) is 2.80. The van der Waals surface area contributed by atoms with E-state index in [0.29, 0.717) is 0 Å². The molecule has 14 heavy (non-hydrogen) atoms. The van der Waals surface area contributed by atoms with E-state index in [2.05, 4.69) is 10.3 Å². The van der Waals surface area contributed by atoms with Gasteiger partial charge in [-0.1, -0.05) is 11.6 Å². The number of halogens is 1. The predicted molar refractivity (Wildman–Crippen MR) is 60.9 cm³/mol. The van der Waals surface area contributed by atoms with Gasteiger partial charge in [0.15, 0.2) is 0 Å². The van der Waals surface area contributed by atoms with E-state index in [1.54, 1.807) is 23.7 Å². The van der Waals surface area contributed by atoms with E-state index in [-0.39, 0.29) is 0 Å². The highest BCUT2D eigenvalue weighted by molar-refractivity contribution is 7.16. The lowest BCUT2D eigenvalue weighted by Gasteiger charge is -2.02. The standard InChI is InChI=1S/C10H9ClN2S/c11-10-2-1-9(14-10)7-13-8-3-5-12-6-4-8/h1-6H,7H2,(H,12,13). The Morgan fingerprint density at radius 3 is 2.64 bits per heavy atom. The summed E-state index contributed by atoms with van der Waals surface area (Å²) in [7, 11) is 0. The molecule has 0 unspecified atom stereocenters. The minimum absolute atomic E-state index is 0.807. The lowest BCUT2D eigenvalue weighted by atomic mass is 10.4. The first-order valence-electron chi connectivity index (χ1n) is 4.23. The number of pyridine rings is 1. The molecular formula is C10H9ClN2S. The number of nitrogens with one attached hydrogen (secondary N) is 1. The van der Waals surface area contributed by atoms with Gasteiger partial charge >= 0.3 is 0 Å².